The van der Waals surface area contributed by atoms with Crippen LogP contribution in [-0.2, 0) is 5.41 Å². The van der Waals surface area contributed by atoms with Crippen molar-refractivity contribution in [2.24, 2.45) is 0 Å². The zero-order valence-corrected chi connectivity index (χ0v) is 12.6. The first-order valence-electron chi connectivity index (χ1n) is 6.78. The van der Waals surface area contributed by atoms with E-state index in [1.807, 2.05) is 27.7 Å². The summed E-state index contributed by atoms with van der Waals surface area (Å²) < 4.78 is 10.5. The third kappa shape index (κ3) is 3.59. The van der Waals surface area contributed by atoms with Crippen LogP contribution >= 0.6 is 0 Å². The van der Waals surface area contributed by atoms with E-state index in [1.165, 1.54) is 0 Å². The SMILES string of the molecule is CCOc1ncccc1C(=O)Nc1cc(C(C)(C)C)no1. The van der Waals surface area contributed by atoms with Crippen LogP contribution in [0.15, 0.2) is 28.9 Å². The molecule has 112 valence electrons. The molecule has 0 aliphatic heterocycles. The number of aromatic nitrogens is 2. The minimum Gasteiger partial charge on any atom is -0.477 e. The molecule has 0 unspecified atom stereocenters. The van der Waals surface area contributed by atoms with E-state index in [9.17, 15) is 4.79 Å². The average molecular weight is 289 g/mol. The molecule has 0 aliphatic carbocycles. The number of hydrogen-bond donors (Lipinski definition) is 1. The van der Waals surface area contributed by atoms with Crippen molar-refractivity contribution in [3.05, 3.63) is 35.7 Å². The number of hydrogen-bond acceptors (Lipinski definition) is 5. The average Bonchev–Trinajstić information content (AvgIpc) is 2.88. The van der Waals surface area contributed by atoms with Gasteiger partial charge in [0.25, 0.3) is 5.91 Å². The molecule has 1 amide bonds. The standard InChI is InChI=1S/C15H19N3O3/c1-5-20-14-10(7-6-8-16-14)13(19)17-12-9-11(18-21-12)15(2,3)4/h6-9H,5H2,1-4H3,(H,17,19). The molecule has 0 saturated heterocycles. The summed E-state index contributed by atoms with van der Waals surface area (Å²) in [6.07, 6.45) is 1.58. The first-order valence-corrected chi connectivity index (χ1v) is 6.78. The summed E-state index contributed by atoms with van der Waals surface area (Å²) in [5, 5.41) is 6.62. The van der Waals surface area contributed by atoms with Gasteiger partial charge in [0.2, 0.25) is 11.8 Å². The van der Waals surface area contributed by atoms with Gasteiger partial charge in [0.1, 0.15) is 5.56 Å². The van der Waals surface area contributed by atoms with Crippen molar-refractivity contribution >= 4 is 11.8 Å². The van der Waals surface area contributed by atoms with Gasteiger partial charge in [-0.25, -0.2) is 4.98 Å². The Bertz CT molecular complexity index is 629. The van der Waals surface area contributed by atoms with Crippen molar-refractivity contribution in [3.63, 3.8) is 0 Å². The minimum absolute atomic E-state index is 0.142. The highest BCUT2D eigenvalue weighted by Crippen LogP contribution is 2.24. The third-order valence-electron chi connectivity index (χ3n) is 2.81. The van der Waals surface area contributed by atoms with E-state index in [-0.39, 0.29) is 11.3 Å². The lowest BCUT2D eigenvalue weighted by Gasteiger charge is -2.12. The highest BCUT2D eigenvalue weighted by Gasteiger charge is 2.21. The van der Waals surface area contributed by atoms with E-state index >= 15 is 0 Å². The maximum Gasteiger partial charge on any atom is 0.263 e. The summed E-state index contributed by atoms with van der Waals surface area (Å²) >= 11 is 0. The largest absolute Gasteiger partial charge is 0.477 e. The van der Waals surface area contributed by atoms with Gasteiger partial charge in [-0.1, -0.05) is 25.9 Å². The highest BCUT2D eigenvalue weighted by atomic mass is 16.5. The number of carbonyl (C=O) groups is 1. The van der Waals surface area contributed by atoms with Crippen LogP contribution in [0.25, 0.3) is 0 Å². The first kappa shape index (κ1) is 15.0. The Labute approximate surface area is 123 Å². The molecule has 2 heterocycles. The molecule has 0 spiro atoms. The lowest BCUT2D eigenvalue weighted by atomic mass is 9.92. The van der Waals surface area contributed by atoms with E-state index in [0.717, 1.165) is 5.69 Å². The molecule has 0 bridgehead atoms. The maximum atomic E-state index is 12.2. The molecule has 2 aromatic heterocycles. The molecule has 0 atom stereocenters. The zero-order valence-electron chi connectivity index (χ0n) is 12.6. The van der Waals surface area contributed by atoms with Crippen molar-refractivity contribution < 1.29 is 14.1 Å². The third-order valence-corrected chi connectivity index (χ3v) is 2.81. The van der Waals surface area contributed by atoms with Crippen molar-refractivity contribution in [3.8, 4) is 5.88 Å². The molecule has 0 saturated carbocycles. The second-order valence-corrected chi connectivity index (χ2v) is 5.57. The van der Waals surface area contributed by atoms with Crippen molar-refractivity contribution in [1.29, 1.82) is 0 Å². The van der Waals surface area contributed by atoms with Gasteiger partial charge < -0.3 is 9.26 Å². The molecule has 0 aromatic carbocycles. The monoisotopic (exact) mass is 289 g/mol. The second-order valence-electron chi connectivity index (χ2n) is 5.57. The van der Waals surface area contributed by atoms with Crippen LogP contribution < -0.4 is 10.1 Å². The van der Waals surface area contributed by atoms with Crippen molar-refractivity contribution in [2.75, 3.05) is 11.9 Å². The molecule has 6 nitrogen and oxygen atoms in total. The van der Waals surface area contributed by atoms with Gasteiger partial charge in [-0.2, -0.15) is 0 Å². The Hall–Kier alpha value is -2.37. The fraction of sp³-hybridized carbons (Fsp3) is 0.400. The summed E-state index contributed by atoms with van der Waals surface area (Å²) in [7, 11) is 0. The van der Waals surface area contributed by atoms with Crippen LogP contribution in [0.4, 0.5) is 5.88 Å². The van der Waals surface area contributed by atoms with Crippen molar-refractivity contribution in [2.45, 2.75) is 33.1 Å². The Balaban J connectivity index is 2.17. The summed E-state index contributed by atoms with van der Waals surface area (Å²) in [6.45, 7) is 8.33. The van der Waals surface area contributed by atoms with Gasteiger partial charge in [0, 0.05) is 17.7 Å². The Morgan fingerprint density at radius 1 is 1.43 bits per heavy atom. The predicted molar refractivity (Wildman–Crippen MR) is 78.6 cm³/mol. The molecule has 0 fully saturated rings. The molecule has 2 rings (SSSR count). The van der Waals surface area contributed by atoms with Crippen LogP contribution in [0.1, 0.15) is 43.7 Å². The summed E-state index contributed by atoms with van der Waals surface area (Å²) in [5.41, 5.74) is 0.985. The van der Waals surface area contributed by atoms with Gasteiger partial charge >= 0.3 is 0 Å². The predicted octanol–water partition coefficient (Wildman–Crippen LogP) is 3.02. The lowest BCUT2D eigenvalue weighted by Crippen LogP contribution is -2.14. The Morgan fingerprint density at radius 3 is 2.81 bits per heavy atom. The number of amides is 1. The van der Waals surface area contributed by atoms with Crippen LogP contribution in [0.2, 0.25) is 0 Å². The number of pyridine rings is 1. The van der Waals surface area contributed by atoms with E-state index in [0.29, 0.717) is 23.9 Å². The van der Waals surface area contributed by atoms with Crippen LogP contribution in [0, 0.1) is 0 Å². The van der Waals surface area contributed by atoms with Gasteiger partial charge in [-0.05, 0) is 19.1 Å². The molecule has 6 heteroatoms. The fourth-order valence-electron chi connectivity index (χ4n) is 1.68. The van der Waals surface area contributed by atoms with E-state index in [4.69, 9.17) is 9.26 Å². The van der Waals surface area contributed by atoms with E-state index in [2.05, 4.69) is 15.5 Å². The Kier molecular flexibility index (Phi) is 4.26. The van der Waals surface area contributed by atoms with Crippen LogP contribution in [0.5, 0.6) is 5.88 Å². The van der Waals surface area contributed by atoms with Gasteiger partial charge in [-0.3, -0.25) is 10.1 Å². The van der Waals surface area contributed by atoms with Crippen LogP contribution in [0.3, 0.4) is 0 Å². The molecule has 1 N–H and O–H groups in total. The second kappa shape index (κ2) is 5.95. The van der Waals surface area contributed by atoms with Crippen molar-refractivity contribution in [1.82, 2.24) is 10.1 Å². The zero-order chi connectivity index (χ0) is 15.5. The molecular weight excluding hydrogens is 270 g/mol. The normalized spacial score (nSPS) is 11.2. The number of ether oxygens (including phenoxy) is 1. The number of anilines is 1. The quantitative estimate of drug-likeness (QED) is 0.936. The topological polar surface area (TPSA) is 77.2 Å². The summed E-state index contributed by atoms with van der Waals surface area (Å²) in [6, 6.07) is 5.04. The molecule has 2 aromatic rings. The Morgan fingerprint density at radius 2 is 2.19 bits per heavy atom. The molecule has 0 radical (unpaired) electrons. The fourth-order valence-corrected chi connectivity index (χ4v) is 1.68. The molecule has 21 heavy (non-hydrogen) atoms. The van der Waals surface area contributed by atoms with Gasteiger partial charge in [-0.15, -0.1) is 0 Å². The highest BCUT2D eigenvalue weighted by molar-refractivity contribution is 6.05. The number of nitrogens with one attached hydrogen (secondary N) is 1. The maximum absolute atomic E-state index is 12.2. The smallest absolute Gasteiger partial charge is 0.263 e. The van der Waals surface area contributed by atoms with E-state index < -0.39 is 0 Å². The number of nitrogens with zero attached hydrogens (tertiary/aromatic N) is 2. The van der Waals surface area contributed by atoms with Crippen LogP contribution in [-0.4, -0.2) is 22.7 Å². The lowest BCUT2D eigenvalue weighted by molar-refractivity contribution is 0.101. The summed E-state index contributed by atoms with van der Waals surface area (Å²) in [5.74, 6) is 0.257. The number of rotatable bonds is 4. The van der Waals surface area contributed by atoms with Gasteiger partial charge in [0.15, 0.2) is 0 Å². The van der Waals surface area contributed by atoms with E-state index in [1.54, 1.807) is 24.4 Å². The summed E-state index contributed by atoms with van der Waals surface area (Å²) in [4.78, 5) is 16.3. The molecule has 0 aliphatic rings. The minimum atomic E-state index is -0.344. The molecular formula is C15H19N3O3. The van der Waals surface area contributed by atoms with Gasteiger partial charge in [0.05, 0.1) is 12.3 Å². The first-order chi connectivity index (χ1) is 9.91. The number of carbonyl (C=O) groups excluding carboxylic acids is 1.